The lowest BCUT2D eigenvalue weighted by atomic mass is 9.67. The van der Waals surface area contributed by atoms with Crippen molar-refractivity contribution in [1.82, 2.24) is 0 Å². The topological polar surface area (TPSA) is 3.24 Å². The Hall–Kier alpha value is -8.82. The van der Waals surface area contributed by atoms with Gasteiger partial charge in [-0.3, -0.25) is 0 Å². The molecule has 0 aliphatic heterocycles. The molecule has 0 radical (unpaired) electrons. The van der Waals surface area contributed by atoms with Crippen LogP contribution in [0.25, 0.3) is 86.2 Å². The Labute approximate surface area is 429 Å². The van der Waals surface area contributed by atoms with Crippen LogP contribution in [0.2, 0.25) is 0 Å². The van der Waals surface area contributed by atoms with Gasteiger partial charge in [0.25, 0.3) is 0 Å². The standard InChI is InChI=1S/C69H45NS/c1-3-17-51(18-4-1)69(52-19-5-2-6-20-52)65-28-13-11-24-60(65)61-43-42-55(45-66(61)69)70(54-40-36-49(37-41-54)64-44-50-16-7-8-21-56(50)58-22-9-10-23-59(58)64)53-38-34-47(35-39-53)46-30-32-48(33-31-46)57-26-15-27-63-62-25-12-14-29-67(62)71-68(57)63/h1-45H/i30D,31D,32D,33D,34D,35D,38D,39D. The van der Waals surface area contributed by atoms with Crippen molar-refractivity contribution >= 4 is 70.1 Å². The monoisotopic (exact) mass is 927 g/mol. The minimum Gasteiger partial charge on any atom is -0.310 e. The molecule has 0 saturated carbocycles. The molecular formula is C69H45NS. The van der Waals surface area contributed by atoms with Crippen LogP contribution in [-0.2, 0) is 5.41 Å². The zero-order valence-electron chi connectivity index (χ0n) is 46.2. The van der Waals surface area contributed by atoms with Gasteiger partial charge in [0.15, 0.2) is 0 Å². The van der Waals surface area contributed by atoms with E-state index in [9.17, 15) is 11.0 Å². The number of hydrogen-bond donors (Lipinski definition) is 0. The summed E-state index contributed by atoms with van der Waals surface area (Å²) in [5.74, 6) is 0. The third-order valence-corrected chi connectivity index (χ3v) is 15.5. The number of rotatable bonds is 8. The second kappa shape index (κ2) is 16.7. The van der Waals surface area contributed by atoms with Crippen LogP contribution in [0.3, 0.4) is 0 Å². The quantitative estimate of drug-likeness (QED) is 0.137. The number of nitrogens with zero attached hydrogens (tertiary/aromatic N) is 1. The van der Waals surface area contributed by atoms with E-state index in [-0.39, 0.29) is 34.5 Å². The summed E-state index contributed by atoms with van der Waals surface area (Å²) >= 11 is 1.52. The van der Waals surface area contributed by atoms with E-state index in [0.29, 0.717) is 16.9 Å². The molecule has 1 nitrogen and oxygen atoms in total. The maximum atomic E-state index is 10.0. The second-order valence-electron chi connectivity index (χ2n) is 18.1. The first-order chi connectivity index (χ1) is 38.6. The number of fused-ring (bicyclic) bond motifs is 9. The summed E-state index contributed by atoms with van der Waals surface area (Å²) in [7, 11) is 0. The third-order valence-electron chi connectivity index (χ3n) is 14.3. The number of hydrogen-bond acceptors (Lipinski definition) is 2. The van der Waals surface area contributed by atoms with E-state index in [1.165, 1.54) is 11.3 Å². The molecule has 0 amide bonds. The summed E-state index contributed by atoms with van der Waals surface area (Å²) in [6.07, 6.45) is 0. The van der Waals surface area contributed by atoms with Crippen molar-refractivity contribution in [2.75, 3.05) is 4.90 Å². The SMILES string of the molecule is [2H]c1c([2H])c(-c2cccc3c2sc2ccccc23)c([2H])c([2H])c1-c1c([2H])c([2H])c(N(c2ccc(-c3cc4ccccc4c4ccccc34)cc2)c2ccc3c(c2)C(c2ccccc2)(c2ccccc2)c2ccccc2-3)c([2H])c1[2H]. The largest absolute Gasteiger partial charge is 0.310 e. The molecule has 0 unspecified atom stereocenters. The lowest BCUT2D eigenvalue weighted by molar-refractivity contribution is 0.768. The van der Waals surface area contributed by atoms with Gasteiger partial charge in [-0.05, 0) is 137 Å². The highest BCUT2D eigenvalue weighted by atomic mass is 32.1. The summed E-state index contributed by atoms with van der Waals surface area (Å²) in [4.78, 5) is 1.79. The van der Waals surface area contributed by atoms with Gasteiger partial charge in [-0.15, -0.1) is 11.3 Å². The van der Waals surface area contributed by atoms with Crippen molar-refractivity contribution in [3.63, 3.8) is 0 Å². The van der Waals surface area contributed by atoms with E-state index < -0.39 is 41.7 Å². The molecule has 1 aliphatic carbocycles. The molecule has 0 bridgehead atoms. The summed E-state index contributed by atoms with van der Waals surface area (Å²) in [6.45, 7) is 0. The average molecular weight is 928 g/mol. The predicted molar refractivity (Wildman–Crippen MR) is 303 cm³/mol. The maximum absolute atomic E-state index is 10.0. The van der Waals surface area contributed by atoms with Crippen LogP contribution < -0.4 is 4.90 Å². The fourth-order valence-corrected chi connectivity index (χ4v) is 12.3. The Morgan fingerprint density at radius 1 is 0.324 bits per heavy atom. The van der Waals surface area contributed by atoms with Crippen molar-refractivity contribution in [3.8, 4) is 44.5 Å². The van der Waals surface area contributed by atoms with Crippen LogP contribution in [0, 0.1) is 0 Å². The highest BCUT2D eigenvalue weighted by Gasteiger charge is 2.46. The average Bonchev–Trinajstić information content (AvgIpc) is 4.24. The van der Waals surface area contributed by atoms with Gasteiger partial charge >= 0.3 is 0 Å². The van der Waals surface area contributed by atoms with Gasteiger partial charge < -0.3 is 4.90 Å². The van der Waals surface area contributed by atoms with Crippen LogP contribution in [0.1, 0.15) is 33.2 Å². The van der Waals surface area contributed by atoms with Gasteiger partial charge in [0.05, 0.1) is 16.4 Å². The van der Waals surface area contributed by atoms with Crippen molar-refractivity contribution < 1.29 is 11.0 Å². The van der Waals surface area contributed by atoms with E-state index in [0.717, 1.165) is 86.2 Å². The lowest BCUT2D eigenvalue weighted by Gasteiger charge is -2.35. The van der Waals surface area contributed by atoms with Crippen molar-refractivity contribution in [2.45, 2.75) is 5.41 Å². The number of anilines is 3. The van der Waals surface area contributed by atoms with Gasteiger partial charge in [-0.25, -0.2) is 0 Å². The highest BCUT2D eigenvalue weighted by Crippen LogP contribution is 2.57. The van der Waals surface area contributed by atoms with Gasteiger partial charge in [0.1, 0.15) is 0 Å². The molecule has 13 aromatic rings. The number of benzene rings is 12. The van der Waals surface area contributed by atoms with Crippen LogP contribution in [-0.4, -0.2) is 0 Å². The van der Waals surface area contributed by atoms with E-state index in [1.54, 1.807) is 11.0 Å². The van der Waals surface area contributed by atoms with Gasteiger partial charge in [-0.1, -0.05) is 224 Å². The molecule has 2 heteroatoms. The molecule has 0 saturated heterocycles. The zero-order valence-corrected chi connectivity index (χ0v) is 39.0. The molecule has 14 rings (SSSR count). The minimum atomic E-state index is -0.790. The minimum absolute atomic E-state index is 0.0357. The first-order valence-electron chi connectivity index (χ1n) is 27.8. The Bertz CT molecular complexity index is 4550. The van der Waals surface area contributed by atoms with Crippen LogP contribution in [0.4, 0.5) is 17.1 Å². The Morgan fingerprint density at radius 2 is 0.873 bits per heavy atom. The Kier molecular flexibility index (Phi) is 7.91. The van der Waals surface area contributed by atoms with Crippen molar-refractivity contribution in [1.29, 1.82) is 0 Å². The first-order valence-corrected chi connectivity index (χ1v) is 24.7. The molecule has 0 spiro atoms. The molecule has 12 aromatic carbocycles. The predicted octanol–water partition coefficient (Wildman–Crippen LogP) is 19.2. The fraction of sp³-hybridized carbons (Fsp3) is 0.0145. The zero-order chi connectivity index (χ0) is 53.8. The van der Waals surface area contributed by atoms with E-state index in [4.69, 9.17) is 0 Å². The van der Waals surface area contributed by atoms with E-state index >= 15 is 0 Å². The number of thiophene rings is 1. The van der Waals surface area contributed by atoms with Gasteiger partial charge in [-0.2, -0.15) is 0 Å². The molecule has 0 N–H and O–H groups in total. The first kappa shape index (κ1) is 33.6. The highest BCUT2D eigenvalue weighted by molar-refractivity contribution is 7.26. The van der Waals surface area contributed by atoms with Crippen LogP contribution in [0.15, 0.2) is 273 Å². The molecule has 332 valence electrons. The summed E-state index contributed by atoms with van der Waals surface area (Å²) in [6, 6.07) is 72.7. The van der Waals surface area contributed by atoms with E-state index in [2.05, 4.69) is 127 Å². The third kappa shape index (κ3) is 6.60. The second-order valence-corrected chi connectivity index (χ2v) is 19.1. The lowest BCUT2D eigenvalue weighted by Crippen LogP contribution is -2.28. The molecule has 0 atom stereocenters. The fourth-order valence-electron chi connectivity index (χ4n) is 11.1. The van der Waals surface area contributed by atoms with Gasteiger partial charge in [0, 0.05) is 37.2 Å². The van der Waals surface area contributed by atoms with E-state index in [1.807, 2.05) is 91.0 Å². The molecule has 71 heavy (non-hydrogen) atoms. The summed E-state index contributed by atoms with van der Waals surface area (Å²) in [5, 5.41) is 6.46. The van der Waals surface area contributed by atoms with Gasteiger partial charge in [0.2, 0.25) is 0 Å². The summed E-state index contributed by atoms with van der Waals surface area (Å²) in [5.41, 5.74) is 8.69. The molecule has 1 heterocycles. The molecule has 1 aliphatic rings. The van der Waals surface area contributed by atoms with Crippen LogP contribution >= 0.6 is 11.3 Å². The molecule has 0 fully saturated rings. The molecule has 1 aromatic heterocycles. The molecular weight excluding hydrogens is 875 g/mol. The maximum Gasteiger partial charge on any atom is 0.0714 e. The Balaban J connectivity index is 0.988. The van der Waals surface area contributed by atoms with Crippen molar-refractivity contribution in [2.24, 2.45) is 0 Å². The Morgan fingerprint density at radius 3 is 1.62 bits per heavy atom. The smallest absolute Gasteiger partial charge is 0.0714 e. The van der Waals surface area contributed by atoms with Crippen LogP contribution in [0.5, 0.6) is 0 Å². The normalized spacial score (nSPS) is 14.2. The summed E-state index contributed by atoms with van der Waals surface area (Å²) < 4.78 is 79.6. The van der Waals surface area contributed by atoms with Crippen molar-refractivity contribution in [3.05, 3.63) is 295 Å².